The second-order valence-electron chi connectivity index (χ2n) is 4.06. The summed E-state index contributed by atoms with van der Waals surface area (Å²) >= 11 is 6.05. The minimum absolute atomic E-state index is 0.751. The summed E-state index contributed by atoms with van der Waals surface area (Å²) in [5.74, 6) is 0.918. The summed E-state index contributed by atoms with van der Waals surface area (Å²) in [7, 11) is 0. The number of nitrogens with one attached hydrogen (secondary N) is 1. The van der Waals surface area contributed by atoms with Crippen molar-refractivity contribution in [3.05, 3.63) is 28.8 Å². The zero-order chi connectivity index (χ0) is 12.5. The zero-order valence-electron chi connectivity index (χ0n) is 10.8. The first-order valence-electron chi connectivity index (χ1n) is 6.39. The average Bonchev–Trinajstić information content (AvgIpc) is 2.35. The first-order valence-corrected chi connectivity index (χ1v) is 6.77. The highest BCUT2D eigenvalue weighted by Crippen LogP contribution is 2.22. The van der Waals surface area contributed by atoms with Crippen LogP contribution in [-0.2, 0) is 6.42 Å². The summed E-state index contributed by atoms with van der Waals surface area (Å²) in [5, 5.41) is 4.18. The molecule has 0 aliphatic rings. The van der Waals surface area contributed by atoms with Crippen LogP contribution in [0.1, 0.15) is 32.3 Å². The minimum Gasteiger partial charge on any atom is -0.494 e. The van der Waals surface area contributed by atoms with E-state index in [4.69, 9.17) is 16.3 Å². The largest absolute Gasteiger partial charge is 0.494 e. The van der Waals surface area contributed by atoms with Crippen molar-refractivity contribution in [2.24, 2.45) is 0 Å². The van der Waals surface area contributed by atoms with Crippen LogP contribution in [0.2, 0.25) is 5.02 Å². The highest BCUT2D eigenvalue weighted by molar-refractivity contribution is 6.31. The van der Waals surface area contributed by atoms with Crippen LogP contribution in [0.3, 0.4) is 0 Å². The number of rotatable bonds is 8. The molecule has 0 aliphatic heterocycles. The van der Waals surface area contributed by atoms with Gasteiger partial charge in [0.15, 0.2) is 0 Å². The average molecular weight is 256 g/mol. The maximum Gasteiger partial charge on any atom is 0.119 e. The molecule has 0 heterocycles. The van der Waals surface area contributed by atoms with E-state index in [9.17, 15) is 0 Å². The first-order chi connectivity index (χ1) is 8.27. The van der Waals surface area contributed by atoms with Crippen LogP contribution in [-0.4, -0.2) is 19.7 Å². The van der Waals surface area contributed by atoms with Crippen LogP contribution in [0, 0.1) is 0 Å². The summed E-state index contributed by atoms with van der Waals surface area (Å²) in [5.41, 5.74) is 1.15. The Hall–Kier alpha value is -0.730. The third kappa shape index (κ3) is 5.42. The van der Waals surface area contributed by atoms with Gasteiger partial charge < -0.3 is 10.1 Å². The topological polar surface area (TPSA) is 21.3 Å². The summed E-state index contributed by atoms with van der Waals surface area (Å²) in [6.45, 7) is 7.12. The normalized spacial score (nSPS) is 10.5. The number of aryl methyl sites for hydroxylation is 1. The van der Waals surface area contributed by atoms with Gasteiger partial charge in [-0.3, -0.25) is 0 Å². The minimum atomic E-state index is 0.751. The Morgan fingerprint density at radius 1 is 1.24 bits per heavy atom. The quantitative estimate of drug-likeness (QED) is 0.716. The molecule has 0 aliphatic carbocycles. The number of ether oxygens (including phenoxy) is 1. The van der Waals surface area contributed by atoms with Crippen molar-refractivity contribution in [1.82, 2.24) is 5.32 Å². The molecule has 1 aromatic rings. The predicted molar refractivity (Wildman–Crippen MR) is 74.1 cm³/mol. The molecular weight excluding hydrogens is 234 g/mol. The van der Waals surface area contributed by atoms with Crippen molar-refractivity contribution < 1.29 is 4.74 Å². The molecule has 3 heteroatoms. The number of hydrogen-bond acceptors (Lipinski definition) is 2. The van der Waals surface area contributed by atoms with Crippen molar-refractivity contribution >= 4 is 11.6 Å². The van der Waals surface area contributed by atoms with Crippen LogP contribution >= 0.6 is 11.6 Å². The van der Waals surface area contributed by atoms with E-state index < -0.39 is 0 Å². The summed E-state index contributed by atoms with van der Waals surface area (Å²) in [6, 6.07) is 5.87. The SMILES string of the molecule is CCCNCCCOc1ccc(Cl)c(CC)c1. The van der Waals surface area contributed by atoms with Gasteiger partial charge in [-0.15, -0.1) is 0 Å². The van der Waals surface area contributed by atoms with E-state index in [1.165, 1.54) is 6.42 Å². The van der Waals surface area contributed by atoms with Gasteiger partial charge in [-0.25, -0.2) is 0 Å². The van der Waals surface area contributed by atoms with Crippen LogP contribution in [0.15, 0.2) is 18.2 Å². The highest BCUT2D eigenvalue weighted by atomic mass is 35.5. The van der Waals surface area contributed by atoms with Gasteiger partial charge in [-0.05, 0) is 56.1 Å². The van der Waals surface area contributed by atoms with Gasteiger partial charge in [-0.1, -0.05) is 25.4 Å². The Morgan fingerprint density at radius 3 is 2.76 bits per heavy atom. The lowest BCUT2D eigenvalue weighted by Crippen LogP contribution is -2.18. The predicted octanol–water partition coefficient (Wildman–Crippen LogP) is 3.67. The Morgan fingerprint density at radius 2 is 2.06 bits per heavy atom. The summed E-state index contributed by atoms with van der Waals surface area (Å²) < 4.78 is 5.69. The lowest BCUT2D eigenvalue weighted by molar-refractivity contribution is 0.308. The van der Waals surface area contributed by atoms with E-state index >= 15 is 0 Å². The van der Waals surface area contributed by atoms with Crippen molar-refractivity contribution in [2.45, 2.75) is 33.1 Å². The lowest BCUT2D eigenvalue weighted by Gasteiger charge is -2.09. The third-order valence-corrected chi connectivity index (χ3v) is 2.96. The van der Waals surface area contributed by atoms with Crippen LogP contribution in [0.5, 0.6) is 5.75 Å². The smallest absolute Gasteiger partial charge is 0.119 e. The molecule has 0 fully saturated rings. The Balaban J connectivity index is 2.27. The molecule has 0 unspecified atom stereocenters. The molecule has 0 atom stereocenters. The lowest BCUT2D eigenvalue weighted by atomic mass is 10.1. The summed E-state index contributed by atoms with van der Waals surface area (Å²) in [4.78, 5) is 0. The monoisotopic (exact) mass is 255 g/mol. The van der Waals surface area contributed by atoms with Crippen LogP contribution in [0.25, 0.3) is 0 Å². The summed E-state index contributed by atoms with van der Waals surface area (Å²) in [6.07, 6.45) is 3.15. The number of halogens is 1. The molecule has 0 saturated heterocycles. The van der Waals surface area contributed by atoms with Crippen molar-refractivity contribution in [3.8, 4) is 5.75 Å². The molecule has 0 radical (unpaired) electrons. The molecule has 0 saturated carbocycles. The molecular formula is C14H22ClNO. The Kier molecular flexibility index (Phi) is 7.06. The Bertz CT molecular complexity index is 328. The molecule has 1 aromatic carbocycles. The standard InChI is InChI=1S/C14H22ClNO/c1-3-8-16-9-5-10-17-13-6-7-14(15)12(4-2)11-13/h6-7,11,16H,3-5,8-10H2,1-2H3. The van der Waals surface area contributed by atoms with Crippen molar-refractivity contribution in [1.29, 1.82) is 0 Å². The molecule has 96 valence electrons. The van der Waals surface area contributed by atoms with Gasteiger partial charge in [0, 0.05) is 5.02 Å². The van der Waals surface area contributed by atoms with Gasteiger partial charge in [0.05, 0.1) is 6.61 Å². The molecule has 1 N–H and O–H groups in total. The first kappa shape index (κ1) is 14.3. The van der Waals surface area contributed by atoms with Gasteiger partial charge in [0.1, 0.15) is 5.75 Å². The molecule has 0 spiro atoms. The third-order valence-electron chi connectivity index (χ3n) is 2.59. The maximum atomic E-state index is 6.05. The van der Waals surface area contributed by atoms with E-state index in [0.717, 1.165) is 48.9 Å². The van der Waals surface area contributed by atoms with E-state index in [-0.39, 0.29) is 0 Å². The van der Waals surface area contributed by atoms with E-state index in [1.807, 2.05) is 18.2 Å². The Labute approximate surface area is 109 Å². The van der Waals surface area contributed by atoms with Crippen molar-refractivity contribution in [3.63, 3.8) is 0 Å². The molecule has 0 bridgehead atoms. The van der Waals surface area contributed by atoms with Crippen LogP contribution < -0.4 is 10.1 Å². The van der Waals surface area contributed by atoms with Crippen molar-refractivity contribution in [2.75, 3.05) is 19.7 Å². The fourth-order valence-electron chi connectivity index (χ4n) is 1.60. The van der Waals surface area contributed by atoms with Gasteiger partial charge in [-0.2, -0.15) is 0 Å². The number of benzene rings is 1. The second kappa shape index (κ2) is 8.37. The van der Waals surface area contributed by atoms with E-state index in [2.05, 4.69) is 19.2 Å². The maximum absolute atomic E-state index is 6.05. The molecule has 0 amide bonds. The highest BCUT2D eigenvalue weighted by Gasteiger charge is 2.00. The second-order valence-corrected chi connectivity index (χ2v) is 4.47. The molecule has 17 heavy (non-hydrogen) atoms. The van der Waals surface area contributed by atoms with E-state index in [0.29, 0.717) is 0 Å². The number of hydrogen-bond donors (Lipinski definition) is 1. The van der Waals surface area contributed by atoms with Gasteiger partial charge in [0.2, 0.25) is 0 Å². The van der Waals surface area contributed by atoms with Gasteiger partial charge >= 0.3 is 0 Å². The fraction of sp³-hybridized carbons (Fsp3) is 0.571. The van der Waals surface area contributed by atoms with E-state index in [1.54, 1.807) is 0 Å². The zero-order valence-corrected chi connectivity index (χ0v) is 11.5. The fourth-order valence-corrected chi connectivity index (χ4v) is 1.85. The van der Waals surface area contributed by atoms with Crippen LogP contribution in [0.4, 0.5) is 0 Å². The molecule has 2 nitrogen and oxygen atoms in total. The molecule has 0 aromatic heterocycles. The van der Waals surface area contributed by atoms with Gasteiger partial charge in [0.25, 0.3) is 0 Å². The molecule has 1 rings (SSSR count).